The summed E-state index contributed by atoms with van der Waals surface area (Å²) in [6, 6.07) is 7.97. The van der Waals surface area contributed by atoms with Crippen LogP contribution in [0.5, 0.6) is 0 Å². The van der Waals surface area contributed by atoms with Gasteiger partial charge in [-0.15, -0.1) is 24.8 Å². The zero-order valence-corrected chi connectivity index (χ0v) is 17.3. The van der Waals surface area contributed by atoms with E-state index in [-0.39, 0.29) is 30.7 Å². The van der Waals surface area contributed by atoms with Crippen molar-refractivity contribution >= 4 is 42.3 Å². The summed E-state index contributed by atoms with van der Waals surface area (Å²) in [5, 5.41) is 0.760. The Morgan fingerprint density at radius 2 is 1.73 bits per heavy atom. The summed E-state index contributed by atoms with van der Waals surface area (Å²) in [7, 11) is 0. The molecule has 0 aromatic heterocycles. The number of benzene rings is 1. The van der Waals surface area contributed by atoms with Crippen molar-refractivity contribution in [2.75, 3.05) is 39.4 Å². The van der Waals surface area contributed by atoms with Gasteiger partial charge in [-0.25, -0.2) is 0 Å². The number of carbonyl (C=O) groups is 1. The number of hydrogen-bond donors (Lipinski definition) is 1. The number of nitrogens with two attached hydrogens (primary N) is 1. The van der Waals surface area contributed by atoms with Crippen LogP contribution in [0, 0.1) is 0 Å². The van der Waals surface area contributed by atoms with E-state index in [1.807, 2.05) is 17.0 Å². The van der Waals surface area contributed by atoms with Gasteiger partial charge in [-0.2, -0.15) is 0 Å². The molecular formula is C18H28Cl3N3O2. The standard InChI is InChI=1S/C18H26ClN3O2.2ClH/c19-16-4-2-15(3-5-16)14-21-8-1-9-22(11-10-21)17(23)18(20)6-12-24-13-7-18;;/h2-5H,1,6-14,20H2;2*1H. The quantitative estimate of drug-likeness (QED) is 0.810. The van der Waals surface area contributed by atoms with E-state index in [0.29, 0.717) is 26.1 Å². The lowest BCUT2D eigenvalue weighted by Crippen LogP contribution is -2.58. The molecule has 2 heterocycles. The van der Waals surface area contributed by atoms with E-state index in [2.05, 4.69) is 17.0 Å². The predicted molar refractivity (Wildman–Crippen MR) is 109 cm³/mol. The lowest BCUT2D eigenvalue weighted by molar-refractivity contribution is -0.140. The first kappa shape index (κ1) is 23.5. The Balaban J connectivity index is 0.00000169. The SMILES string of the molecule is Cl.Cl.NC1(C(=O)N2CCCN(Cc3ccc(Cl)cc3)CC2)CCOCC1. The van der Waals surface area contributed by atoms with Crippen molar-refractivity contribution in [1.82, 2.24) is 9.80 Å². The van der Waals surface area contributed by atoms with E-state index >= 15 is 0 Å². The Bertz CT molecular complexity index is 565. The second-order valence-corrected chi connectivity index (χ2v) is 7.25. The van der Waals surface area contributed by atoms with E-state index in [1.165, 1.54) is 5.56 Å². The molecule has 2 saturated heterocycles. The maximum Gasteiger partial charge on any atom is 0.242 e. The molecule has 2 N–H and O–H groups in total. The summed E-state index contributed by atoms with van der Waals surface area (Å²) in [5.74, 6) is 0.0964. The first-order valence-electron chi connectivity index (χ1n) is 8.70. The monoisotopic (exact) mass is 423 g/mol. The third-order valence-electron chi connectivity index (χ3n) is 5.01. The van der Waals surface area contributed by atoms with Gasteiger partial charge in [0.2, 0.25) is 5.91 Å². The van der Waals surface area contributed by atoms with Crippen molar-refractivity contribution in [2.24, 2.45) is 5.73 Å². The van der Waals surface area contributed by atoms with Gasteiger partial charge in [0, 0.05) is 51.0 Å². The number of halogens is 3. The summed E-state index contributed by atoms with van der Waals surface area (Å²) in [4.78, 5) is 17.2. The van der Waals surface area contributed by atoms with Gasteiger partial charge in [0.25, 0.3) is 0 Å². The molecule has 5 nitrogen and oxygen atoms in total. The lowest BCUT2D eigenvalue weighted by atomic mass is 9.89. The highest BCUT2D eigenvalue weighted by molar-refractivity contribution is 6.30. The average molecular weight is 425 g/mol. The molecule has 1 aromatic rings. The number of ether oxygens (including phenoxy) is 1. The molecule has 0 atom stereocenters. The van der Waals surface area contributed by atoms with Gasteiger partial charge in [-0.1, -0.05) is 23.7 Å². The van der Waals surface area contributed by atoms with Crippen LogP contribution < -0.4 is 5.73 Å². The van der Waals surface area contributed by atoms with E-state index in [4.69, 9.17) is 22.1 Å². The van der Waals surface area contributed by atoms with E-state index < -0.39 is 5.54 Å². The van der Waals surface area contributed by atoms with Gasteiger partial charge in [0.05, 0.1) is 5.54 Å². The molecule has 0 unspecified atom stereocenters. The Morgan fingerprint density at radius 1 is 1.08 bits per heavy atom. The van der Waals surface area contributed by atoms with Crippen molar-refractivity contribution in [3.63, 3.8) is 0 Å². The van der Waals surface area contributed by atoms with Crippen LogP contribution in [0.4, 0.5) is 0 Å². The molecule has 26 heavy (non-hydrogen) atoms. The number of carbonyl (C=O) groups excluding carboxylic acids is 1. The molecule has 0 aliphatic carbocycles. The van der Waals surface area contributed by atoms with Crippen molar-refractivity contribution in [1.29, 1.82) is 0 Å². The van der Waals surface area contributed by atoms with Crippen LogP contribution in [-0.4, -0.2) is 60.6 Å². The van der Waals surface area contributed by atoms with Crippen LogP contribution >= 0.6 is 36.4 Å². The van der Waals surface area contributed by atoms with Crippen molar-refractivity contribution in [3.8, 4) is 0 Å². The molecule has 148 valence electrons. The van der Waals surface area contributed by atoms with Gasteiger partial charge in [-0.05, 0) is 37.0 Å². The highest BCUT2D eigenvalue weighted by Gasteiger charge is 2.39. The summed E-state index contributed by atoms with van der Waals surface area (Å²) >= 11 is 5.94. The van der Waals surface area contributed by atoms with Gasteiger partial charge in [0.15, 0.2) is 0 Å². The second kappa shape index (κ2) is 10.7. The minimum absolute atomic E-state index is 0. The largest absolute Gasteiger partial charge is 0.381 e. The highest BCUT2D eigenvalue weighted by Crippen LogP contribution is 2.22. The maximum atomic E-state index is 12.8. The summed E-state index contributed by atoms with van der Waals surface area (Å²) in [6.45, 7) is 5.45. The molecule has 0 spiro atoms. The molecule has 2 aliphatic heterocycles. The third-order valence-corrected chi connectivity index (χ3v) is 5.26. The van der Waals surface area contributed by atoms with Gasteiger partial charge in [0.1, 0.15) is 0 Å². The topological polar surface area (TPSA) is 58.8 Å². The molecule has 1 aromatic carbocycles. The van der Waals surface area contributed by atoms with E-state index in [0.717, 1.165) is 44.2 Å². The Kier molecular flexibility index (Phi) is 9.65. The Labute approximate surface area is 173 Å². The number of nitrogens with zero attached hydrogens (tertiary/aromatic N) is 2. The molecule has 0 saturated carbocycles. The number of hydrogen-bond acceptors (Lipinski definition) is 4. The zero-order valence-electron chi connectivity index (χ0n) is 14.9. The minimum Gasteiger partial charge on any atom is -0.381 e. The normalized spacial score (nSPS) is 20.5. The van der Waals surface area contributed by atoms with Crippen molar-refractivity contribution in [2.45, 2.75) is 31.3 Å². The molecule has 2 fully saturated rings. The van der Waals surface area contributed by atoms with Crippen LogP contribution in [-0.2, 0) is 16.1 Å². The maximum absolute atomic E-state index is 12.8. The molecular weight excluding hydrogens is 397 g/mol. The zero-order chi connectivity index (χ0) is 17.0. The fraction of sp³-hybridized carbons (Fsp3) is 0.611. The Hall–Kier alpha value is -0.560. The molecule has 8 heteroatoms. The van der Waals surface area contributed by atoms with Gasteiger partial charge >= 0.3 is 0 Å². The van der Waals surface area contributed by atoms with Gasteiger partial charge < -0.3 is 15.4 Å². The Morgan fingerprint density at radius 3 is 2.38 bits per heavy atom. The number of rotatable bonds is 3. The first-order chi connectivity index (χ1) is 11.6. The van der Waals surface area contributed by atoms with Crippen LogP contribution in [0.25, 0.3) is 0 Å². The van der Waals surface area contributed by atoms with Crippen LogP contribution in [0.2, 0.25) is 5.02 Å². The molecule has 2 aliphatic rings. The molecule has 3 rings (SSSR count). The van der Waals surface area contributed by atoms with Crippen LogP contribution in [0.1, 0.15) is 24.8 Å². The lowest BCUT2D eigenvalue weighted by Gasteiger charge is -2.36. The minimum atomic E-state index is -0.733. The summed E-state index contributed by atoms with van der Waals surface area (Å²) in [5.41, 5.74) is 6.88. The molecule has 0 radical (unpaired) electrons. The van der Waals surface area contributed by atoms with Crippen molar-refractivity contribution in [3.05, 3.63) is 34.9 Å². The van der Waals surface area contributed by atoms with Gasteiger partial charge in [-0.3, -0.25) is 9.69 Å². The van der Waals surface area contributed by atoms with Crippen molar-refractivity contribution < 1.29 is 9.53 Å². The molecule has 1 amide bonds. The van der Waals surface area contributed by atoms with Crippen LogP contribution in [0.15, 0.2) is 24.3 Å². The predicted octanol–water partition coefficient (Wildman–Crippen LogP) is 2.73. The first-order valence-corrected chi connectivity index (χ1v) is 9.07. The fourth-order valence-corrected chi connectivity index (χ4v) is 3.57. The summed E-state index contributed by atoms with van der Waals surface area (Å²) in [6.07, 6.45) is 2.22. The highest BCUT2D eigenvalue weighted by atomic mass is 35.5. The third kappa shape index (κ3) is 5.98. The fourth-order valence-electron chi connectivity index (χ4n) is 3.44. The second-order valence-electron chi connectivity index (χ2n) is 6.82. The van der Waals surface area contributed by atoms with E-state index in [9.17, 15) is 4.79 Å². The van der Waals surface area contributed by atoms with Crippen LogP contribution in [0.3, 0.4) is 0 Å². The molecule has 0 bridgehead atoms. The average Bonchev–Trinajstić information content (AvgIpc) is 2.82. The smallest absolute Gasteiger partial charge is 0.242 e. The summed E-state index contributed by atoms with van der Waals surface area (Å²) < 4.78 is 5.35. The number of amides is 1. The van der Waals surface area contributed by atoms with E-state index in [1.54, 1.807) is 0 Å².